The molecule has 2 fully saturated rings. The number of phosphoric ester groups is 1. The van der Waals surface area contributed by atoms with Gasteiger partial charge in [-0.1, -0.05) is 0 Å². The lowest BCUT2D eigenvalue weighted by atomic mass is 10.1. The predicted octanol–water partition coefficient (Wildman–Crippen LogP) is -4.80. The van der Waals surface area contributed by atoms with E-state index in [9.17, 15) is 49.1 Å². The van der Waals surface area contributed by atoms with E-state index in [0.717, 1.165) is 33.7 Å². The number of hydrogen-bond acceptors (Lipinski definition) is 13. The van der Waals surface area contributed by atoms with Gasteiger partial charge in [-0.25, -0.2) is 14.2 Å². The van der Waals surface area contributed by atoms with Crippen molar-refractivity contribution in [3.8, 4) is 0 Å². The van der Waals surface area contributed by atoms with Gasteiger partial charge in [0.25, 0.3) is 11.1 Å². The van der Waals surface area contributed by atoms with Crippen LogP contribution >= 0.6 is 7.82 Å². The van der Waals surface area contributed by atoms with Gasteiger partial charge in [-0.2, -0.15) is 0 Å². The maximum atomic E-state index is 12.6. The molecule has 0 bridgehead atoms. The van der Waals surface area contributed by atoms with Gasteiger partial charge in [0.15, 0.2) is 12.5 Å². The summed E-state index contributed by atoms with van der Waals surface area (Å²) in [6.07, 6.45) is -10.9. The van der Waals surface area contributed by atoms with Crippen molar-refractivity contribution in [3.05, 3.63) is 66.2 Å². The van der Waals surface area contributed by atoms with Gasteiger partial charge in [-0.05, 0) is 0 Å². The summed E-state index contributed by atoms with van der Waals surface area (Å²) in [4.78, 5) is 60.5. The fraction of sp³-hybridized carbons (Fsp3) is 0.556. The first-order valence-electron chi connectivity index (χ1n) is 10.6. The molecule has 38 heavy (non-hydrogen) atoms. The van der Waals surface area contributed by atoms with Gasteiger partial charge in [0, 0.05) is 24.5 Å². The Hall–Kier alpha value is -2.81. The van der Waals surface area contributed by atoms with Crippen LogP contribution < -0.4 is 33.8 Å². The van der Waals surface area contributed by atoms with Gasteiger partial charge in [0.1, 0.15) is 30.5 Å². The highest BCUT2D eigenvalue weighted by Gasteiger charge is 2.49. The lowest BCUT2D eigenvalue weighted by molar-refractivity contribution is -0.388. The highest BCUT2D eigenvalue weighted by atomic mass is 31.2. The molecule has 1 unspecified atom stereocenters. The van der Waals surface area contributed by atoms with Crippen molar-refractivity contribution < 1.29 is 48.4 Å². The van der Waals surface area contributed by atoms with E-state index in [1.54, 1.807) is 0 Å². The number of nitrogens with one attached hydrogen (secondary N) is 2. The maximum absolute atomic E-state index is 12.6. The molecule has 9 atom stereocenters. The number of H-pyrrole nitrogens is 2. The molecule has 0 saturated carbocycles. The molecular weight excluding hydrogens is 541 g/mol. The summed E-state index contributed by atoms with van der Waals surface area (Å²) in [5, 5.41) is 42.6. The lowest BCUT2D eigenvalue weighted by Gasteiger charge is -2.25. The van der Waals surface area contributed by atoms with Gasteiger partial charge < -0.3 is 40.9 Å². The molecule has 0 spiro atoms. The second kappa shape index (κ2) is 11.5. The Balaban J connectivity index is 0.00000400. The normalized spacial score (nSPS) is 32.6. The minimum absolute atomic E-state index is 0. The molecule has 4 heterocycles. The highest BCUT2D eigenvalue weighted by molar-refractivity contribution is 7.47. The van der Waals surface area contributed by atoms with Crippen LogP contribution in [0.2, 0.25) is 0 Å². The molecule has 2 aromatic heterocycles. The van der Waals surface area contributed by atoms with E-state index in [0.29, 0.717) is 0 Å². The van der Waals surface area contributed by atoms with Crippen molar-refractivity contribution >= 4 is 7.82 Å². The molecule has 212 valence electrons. The molecule has 4 rings (SSSR count). The number of hydrogen-bond donors (Lipinski definition) is 7. The summed E-state index contributed by atoms with van der Waals surface area (Å²) in [6, 6.07) is 1.92. The number of aliphatic hydroxyl groups excluding tert-OH is 3. The van der Waals surface area contributed by atoms with E-state index in [4.69, 9.17) is 18.5 Å². The summed E-state index contributed by atoms with van der Waals surface area (Å²) >= 11 is 0. The van der Waals surface area contributed by atoms with Crippen LogP contribution in [0.5, 0.6) is 0 Å². The molecule has 10 N–H and O–H groups in total. The molecular formula is C18H26N5O14P. The molecule has 2 aliphatic heterocycles. The molecule has 2 aromatic rings. The van der Waals surface area contributed by atoms with E-state index >= 15 is 0 Å². The van der Waals surface area contributed by atoms with Crippen LogP contribution in [0.1, 0.15) is 12.5 Å². The van der Waals surface area contributed by atoms with Crippen molar-refractivity contribution in [1.82, 2.24) is 25.3 Å². The van der Waals surface area contributed by atoms with E-state index < -0.39 is 92.6 Å². The van der Waals surface area contributed by atoms with Crippen LogP contribution in [0.3, 0.4) is 0 Å². The first kappa shape index (κ1) is 29.7. The van der Waals surface area contributed by atoms with Crippen LogP contribution in [0.4, 0.5) is 0 Å². The Kier molecular flexibility index (Phi) is 9.01. The zero-order valence-electron chi connectivity index (χ0n) is 19.6. The van der Waals surface area contributed by atoms with Crippen molar-refractivity contribution in [2.24, 2.45) is 0 Å². The fourth-order valence-corrected chi connectivity index (χ4v) is 4.88. The van der Waals surface area contributed by atoms with Crippen LogP contribution in [0, 0.1) is 0 Å². The molecule has 0 radical (unpaired) electrons. The van der Waals surface area contributed by atoms with E-state index in [2.05, 4.69) is 0 Å². The third-order valence-corrected chi connectivity index (χ3v) is 6.70. The highest BCUT2D eigenvalue weighted by Crippen LogP contribution is 2.48. The number of aromatic nitrogens is 4. The van der Waals surface area contributed by atoms with E-state index in [1.807, 2.05) is 9.97 Å². The van der Waals surface area contributed by atoms with Gasteiger partial charge in [0.05, 0.1) is 12.7 Å². The molecule has 0 aliphatic carbocycles. The predicted molar refractivity (Wildman–Crippen MR) is 120 cm³/mol. The largest absolute Gasteiger partial charge is 0.853 e. The van der Waals surface area contributed by atoms with Crippen LogP contribution in [0.15, 0.2) is 43.7 Å². The zero-order valence-corrected chi connectivity index (χ0v) is 20.4. The Morgan fingerprint density at radius 3 is 1.89 bits per heavy atom. The molecule has 20 heteroatoms. The second-order valence-electron chi connectivity index (χ2n) is 8.14. The Bertz CT molecular complexity index is 1400. The Morgan fingerprint density at radius 1 is 0.895 bits per heavy atom. The van der Waals surface area contributed by atoms with Crippen LogP contribution in [-0.2, 0) is 23.1 Å². The zero-order chi connectivity index (χ0) is 27.1. The third kappa shape index (κ3) is 5.92. The summed E-state index contributed by atoms with van der Waals surface area (Å²) in [7, 11) is -5.09. The lowest BCUT2D eigenvalue weighted by Crippen LogP contribution is -2.40. The smallest absolute Gasteiger partial charge is 0.472 e. The van der Waals surface area contributed by atoms with Crippen LogP contribution in [-0.4, -0.2) is 89.2 Å². The molecule has 0 aromatic carbocycles. The van der Waals surface area contributed by atoms with E-state index in [1.165, 1.54) is 0 Å². The molecule has 0 amide bonds. The number of aromatic amines is 2. The van der Waals surface area contributed by atoms with Gasteiger partial charge in [-0.3, -0.25) is 37.7 Å². The maximum Gasteiger partial charge on any atom is 0.472 e. The standard InChI is InChI=1S/C18H22N4O14P.H3N/c23-5-7-14(13(28)16(34-7)22-4-2-10(25)20-18(22)30)36-37(31,32)33-6-8-11(26)12(27)15(35-8)21-3-1-9(24)19-17(21)29;/h1-4,7-8,11-16,26-28H,5-6H2,(H,31,32)(H,19,24,29)(H,20,25,30);1H3/q-1;/p+1/t7-,8-,11-,12-,13-,14-,15-,16-;/m1./s1. The summed E-state index contributed by atoms with van der Waals surface area (Å²) < 4.78 is 34.5. The minimum Gasteiger partial charge on any atom is -0.853 e. The number of ether oxygens (including phenoxy) is 2. The SMILES string of the molecule is O=c1ccn([C@@H]2O[C@H](COP(=O)(O)O[C@H]3[C@@H](O)[C@H](n4ccc(=O)[nH]c4=O)O[C@@H]3C[O-])[C@@H](O)[C@H]2O)c(=O)[nH]1.[NH4+]. The fourth-order valence-electron chi connectivity index (χ4n) is 3.92. The number of rotatable bonds is 8. The first-order valence-corrected chi connectivity index (χ1v) is 12.1. The van der Waals surface area contributed by atoms with Gasteiger partial charge in [0.2, 0.25) is 0 Å². The molecule has 2 saturated heterocycles. The third-order valence-electron chi connectivity index (χ3n) is 5.72. The number of phosphoric acid groups is 1. The Labute approximate surface area is 210 Å². The monoisotopic (exact) mass is 567 g/mol. The average molecular weight is 567 g/mol. The van der Waals surface area contributed by atoms with Crippen LogP contribution in [0.25, 0.3) is 0 Å². The van der Waals surface area contributed by atoms with Gasteiger partial charge in [-0.15, -0.1) is 6.61 Å². The topological polar surface area (TPSA) is 304 Å². The number of aliphatic hydroxyl groups is 3. The summed E-state index contributed by atoms with van der Waals surface area (Å²) in [5.74, 6) is 0. The van der Waals surface area contributed by atoms with Crippen molar-refractivity contribution in [2.75, 3.05) is 13.2 Å². The summed E-state index contributed by atoms with van der Waals surface area (Å²) in [6.45, 7) is -1.91. The van der Waals surface area contributed by atoms with Gasteiger partial charge >= 0.3 is 19.2 Å². The van der Waals surface area contributed by atoms with Crippen molar-refractivity contribution in [1.29, 1.82) is 0 Å². The average Bonchev–Trinajstić information content (AvgIpc) is 3.28. The Morgan fingerprint density at radius 2 is 1.39 bits per heavy atom. The first-order chi connectivity index (χ1) is 17.4. The second-order valence-corrected chi connectivity index (χ2v) is 9.54. The minimum atomic E-state index is -5.09. The number of nitrogens with zero attached hydrogens (tertiary/aromatic N) is 2. The van der Waals surface area contributed by atoms with E-state index in [-0.39, 0.29) is 6.15 Å². The number of quaternary nitrogens is 1. The summed E-state index contributed by atoms with van der Waals surface area (Å²) in [5.41, 5.74) is -3.37. The molecule has 19 nitrogen and oxygen atoms in total. The molecule has 2 aliphatic rings. The van der Waals surface area contributed by atoms with Crippen molar-refractivity contribution in [2.45, 2.75) is 49.1 Å². The van der Waals surface area contributed by atoms with Crippen molar-refractivity contribution in [3.63, 3.8) is 0 Å². The quantitative estimate of drug-likeness (QED) is 0.147.